The van der Waals surface area contributed by atoms with Crippen LogP contribution < -0.4 is 5.73 Å². The number of nitrogens with two attached hydrogens (primary N) is 1. The Kier molecular flexibility index (Phi) is 2.93. The van der Waals surface area contributed by atoms with Crippen LogP contribution in [0.4, 0.5) is 13.2 Å². The second-order valence-electron chi connectivity index (χ2n) is 3.58. The highest BCUT2D eigenvalue weighted by atomic mass is 19.3. The first-order valence-corrected chi connectivity index (χ1v) is 4.97. The molecule has 0 unspecified atom stereocenters. The van der Waals surface area contributed by atoms with Crippen molar-refractivity contribution >= 4 is 0 Å². The van der Waals surface area contributed by atoms with Crippen molar-refractivity contribution in [2.45, 2.75) is 5.92 Å². The maximum Gasteiger partial charge on any atom is 0.316 e. The van der Waals surface area contributed by atoms with E-state index in [1.165, 1.54) is 36.4 Å². The van der Waals surface area contributed by atoms with Crippen molar-refractivity contribution in [2.24, 2.45) is 5.73 Å². The topological polar surface area (TPSA) is 39.2 Å². The van der Waals surface area contributed by atoms with Crippen molar-refractivity contribution in [3.05, 3.63) is 48.0 Å². The Labute approximate surface area is 95.8 Å². The van der Waals surface area contributed by atoms with Crippen molar-refractivity contribution < 1.29 is 17.6 Å². The van der Waals surface area contributed by atoms with Crippen LogP contribution in [0, 0.1) is 5.82 Å². The molecule has 1 heterocycles. The summed E-state index contributed by atoms with van der Waals surface area (Å²) in [7, 11) is 0. The van der Waals surface area contributed by atoms with E-state index in [-0.39, 0.29) is 5.76 Å². The zero-order valence-corrected chi connectivity index (χ0v) is 8.79. The first-order chi connectivity index (χ1) is 8.03. The van der Waals surface area contributed by atoms with Gasteiger partial charge in [-0.2, -0.15) is 8.78 Å². The monoisotopic (exact) mass is 241 g/mol. The van der Waals surface area contributed by atoms with Gasteiger partial charge in [0, 0.05) is 5.56 Å². The predicted octanol–water partition coefficient (Wildman–Crippen LogP) is 3.14. The molecule has 2 rings (SSSR count). The van der Waals surface area contributed by atoms with E-state index in [2.05, 4.69) is 0 Å². The van der Waals surface area contributed by atoms with E-state index in [0.717, 1.165) is 0 Å². The molecule has 0 saturated heterocycles. The average Bonchev–Trinajstić information content (AvgIpc) is 2.80. The third-order valence-electron chi connectivity index (χ3n) is 2.35. The zero-order chi connectivity index (χ0) is 12.5. The van der Waals surface area contributed by atoms with E-state index >= 15 is 0 Å². The van der Waals surface area contributed by atoms with Gasteiger partial charge in [0.25, 0.3) is 0 Å². The molecule has 2 nitrogen and oxygen atoms in total. The predicted molar refractivity (Wildman–Crippen MR) is 57.1 cm³/mol. The van der Waals surface area contributed by atoms with Crippen LogP contribution in [0.1, 0.15) is 5.76 Å². The third kappa shape index (κ3) is 2.34. The summed E-state index contributed by atoms with van der Waals surface area (Å²) in [6, 6.07) is 7.96. The van der Waals surface area contributed by atoms with Crippen LogP contribution in [-0.2, 0) is 5.92 Å². The van der Waals surface area contributed by atoms with Gasteiger partial charge < -0.3 is 10.2 Å². The molecule has 0 aliphatic rings. The van der Waals surface area contributed by atoms with E-state index in [0.29, 0.717) is 5.56 Å². The first kappa shape index (κ1) is 11.7. The van der Waals surface area contributed by atoms with Crippen molar-refractivity contribution in [1.29, 1.82) is 0 Å². The minimum absolute atomic E-state index is 0.258. The normalized spacial score (nSPS) is 11.8. The highest BCUT2D eigenvalue weighted by Crippen LogP contribution is 2.31. The van der Waals surface area contributed by atoms with Crippen LogP contribution >= 0.6 is 0 Å². The Morgan fingerprint density at radius 1 is 1.06 bits per heavy atom. The van der Waals surface area contributed by atoms with E-state index in [9.17, 15) is 13.2 Å². The Hall–Kier alpha value is -1.75. The summed E-state index contributed by atoms with van der Waals surface area (Å²) in [5, 5.41) is 0. The van der Waals surface area contributed by atoms with Gasteiger partial charge >= 0.3 is 5.92 Å². The fourth-order valence-corrected chi connectivity index (χ4v) is 1.40. The van der Waals surface area contributed by atoms with Crippen LogP contribution in [-0.4, -0.2) is 6.54 Å². The Morgan fingerprint density at radius 2 is 1.71 bits per heavy atom. The highest BCUT2D eigenvalue weighted by Gasteiger charge is 2.33. The fourth-order valence-electron chi connectivity index (χ4n) is 1.40. The smallest absolute Gasteiger partial charge is 0.316 e. The minimum Gasteiger partial charge on any atom is -0.455 e. The zero-order valence-electron chi connectivity index (χ0n) is 8.79. The second-order valence-corrected chi connectivity index (χ2v) is 3.58. The fraction of sp³-hybridized carbons (Fsp3) is 0.167. The number of halogens is 3. The van der Waals surface area contributed by atoms with Crippen LogP contribution in [0.25, 0.3) is 11.3 Å². The molecule has 2 N–H and O–H groups in total. The number of alkyl halides is 2. The summed E-state index contributed by atoms with van der Waals surface area (Å²) in [5.41, 5.74) is 5.48. The second kappa shape index (κ2) is 4.25. The highest BCUT2D eigenvalue weighted by molar-refractivity contribution is 5.57. The number of hydrogen-bond donors (Lipinski definition) is 1. The first-order valence-electron chi connectivity index (χ1n) is 4.97. The lowest BCUT2D eigenvalue weighted by Crippen LogP contribution is -2.24. The van der Waals surface area contributed by atoms with E-state index in [4.69, 9.17) is 10.2 Å². The Balaban J connectivity index is 2.33. The standard InChI is InChI=1S/C12H10F3NO/c13-9-3-1-8(2-4-9)10-5-6-11(17-10)12(14,15)7-16/h1-6H,7,16H2. The molecular weight excluding hydrogens is 231 g/mol. The molecule has 2 aromatic rings. The molecule has 0 radical (unpaired) electrons. The number of furan rings is 1. The molecule has 0 aliphatic heterocycles. The van der Waals surface area contributed by atoms with Crippen molar-refractivity contribution in [1.82, 2.24) is 0 Å². The molecule has 0 amide bonds. The SMILES string of the molecule is NCC(F)(F)c1ccc(-c2ccc(F)cc2)o1. The van der Waals surface area contributed by atoms with Crippen LogP contribution in [0.5, 0.6) is 0 Å². The van der Waals surface area contributed by atoms with Gasteiger partial charge in [0.2, 0.25) is 0 Å². The van der Waals surface area contributed by atoms with E-state index < -0.39 is 24.0 Å². The van der Waals surface area contributed by atoms with Crippen LogP contribution in [0.3, 0.4) is 0 Å². The molecule has 0 fully saturated rings. The van der Waals surface area contributed by atoms with E-state index in [1.807, 2.05) is 0 Å². The Bertz CT molecular complexity index is 505. The molecule has 0 aliphatic carbocycles. The van der Waals surface area contributed by atoms with Gasteiger partial charge in [-0.3, -0.25) is 0 Å². The average molecular weight is 241 g/mol. The van der Waals surface area contributed by atoms with Gasteiger partial charge in [-0.05, 0) is 36.4 Å². The molecule has 90 valence electrons. The molecule has 17 heavy (non-hydrogen) atoms. The van der Waals surface area contributed by atoms with Gasteiger partial charge in [0.1, 0.15) is 11.6 Å². The van der Waals surface area contributed by atoms with Crippen molar-refractivity contribution in [3.63, 3.8) is 0 Å². The Morgan fingerprint density at radius 3 is 2.29 bits per heavy atom. The van der Waals surface area contributed by atoms with Crippen molar-refractivity contribution in [3.8, 4) is 11.3 Å². The molecule has 0 atom stereocenters. The number of rotatable bonds is 3. The van der Waals surface area contributed by atoms with Crippen LogP contribution in [0.15, 0.2) is 40.8 Å². The number of hydrogen-bond acceptors (Lipinski definition) is 2. The summed E-state index contributed by atoms with van der Waals surface area (Å²) in [4.78, 5) is 0. The molecule has 0 bridgehead atoms. The summed E-state index contributed by atoms with van der Waals surface area (Å²) in [6.45, 7) is -0.816. The third-order valence-corrected chi connectivity index (χ3v) is 2.35. The quantitative estimate of drug-likeness (QED) is 0.896. The maximum absolute atomic E-state index is 13.2. The van der Waals surface area contributed by atoms with E-state index in [1.54, 1.807) is 0 Å². The molecule has 0 saturated carbocycles. The largest absolute Gasteiger partial charge is 0.455 e. The van der Waals surface area contributed by atoms with Crippen LogP contribution in [0.2, 0.25) is 0 Å². The summed E-state index contributed by atoms with van der Waals surface area (Å²) >= 11 is 0. The minimum atomic E-state index is -3.18. The van der Waals surface area contributed by atoms with Gasteiger partial charge in [-0.25, -0.2) is 4.39 Å². The van der Waals surface area contributed by atoms with Crippen molar-refractivity contribution in [2.75, 3.05) is 6.54 Å². The molecule has 0 spiro atoms. The lowest BCUT2D eigenvalue weighted by Gasteiger charge is -2.09. The summed E-state index contributed by atoms with van der Waals surface area (Å²) < 4.78 is 44.1. The molecule has 1 aromatic heterocycles. The maximum atomic E-state index is 13.2. The molecule has 1 aromatic carbocycles. The molecular formula is C12H10F3NO. The van der Waals surface area contributed by atoms with Gasteiger partial charge in [0.15, 0.2) is 5.76 Å². The van der Waals surface area contributed by atoms with Gasteiger partial charge in [0.05, 0.1) is 6.54 Å². The van der Waals surface area contributed by atoms with Gasteiger partial charge in [-0.1, -0.05) is 0 Å². The number of benzene rings is 1. The van der Waals surface area contributed by atoms with Gasteiger partial charge in [-0.15, -0.1) is 0 Å². The summed E-state index contributed by atoms with van der Waals surface area (Å²) in [6.07, 6.45) is 0. The molecule has 5 heteroatoms. The lowest BCUT2D eigenvalue weighted by molar-refractivity contribution is -0.0154. The lowest BCUT2D eigenvalue weighted by atomic mass is 10.2. The summed E-state index contributed by atoms with van der Waals surface area (Å²) in [5.74, 6) is -3.81.